The van der Waals surface area contributed by atoms with Gasteiger partial charge in [0.15, 0.2) is 5.79 Å². The second-order valence-corrected chi connectivity index (χ2v) is 14.9. The average Bonchev–Trinajstić information content (AvgIpc) is 3.74. The Morgan fingerprint density at radius 1 is 0.962 bits per heavy atom. The lowest BCUT2D eigenvalue weighted by molar-refractivity contribution is -0.172. The van der Waals surface area contributed by atoms with E-state index in [0.717, 1.165) is 41.5 Å². The highest BCUT2D eigenvalue weighted by atomic mass is 16.8. The second kappa shape index (κ2) is 15.0. The Balaban J connectivity index is 1.01. The fourth-order valence-corrected chi connectivity index (χ4v) is 8.35. The van der Waals surface area contributed by atoms with E-state index in [-0.39, 0.29) is 37.8 Å². The molecule has 3 aromatic carbocycles. The number of aliphatic hydroxyl groups excluding tert-OH is 1. The van der Waals surface area contributed by atoms with E-state index in [2.05, 4.69) is 29.6 Å². The number of hydrogen-bond acceptors (Lipinski definition) is 8. The molecule has 2 saturated heterocycles. The van der Waals surface area contributed by atoms with E-state index in [4.69, 9.17) is 18.9 Å². The van der Waals surface area contributed by atoms with Crippen molar-refractivity contribution in [2.24, 2.45) is 5.92 Å². The maximum absolute atomic E-state index is 14.3. The summed E-state index contributed by atoms with van der Waals surface area (Å²) in [6.45, 7) is -0.150. The van der Waals surface area contributed by atoms with Crippen molar-refractivity contribution in [1.29, 1.82) is 0 Å². The van der Waals surface area contributed by atoms with Crippen LogP contribution in [0.25, 0.3) is 6.08 Å². The Bertz CT molecular complexity index is 1870. The minimum atomic E-state index is -0.941. The first kappa shape index (κ1) is 35.4. The predicted octanol–water partition coefficient (Wildman–Crippen LogP) is 4.58. The van der Waals surface area contributed by atoms with Crippen LogP contribution in [0.4, 0.5) is 0 Å². The summed E-state index contributed by atoms with van der Waals surface area (Å²) in [5.41, 5.74) is 4.94. The molecule has 7 atom stereocenters. The molecular weight excluding hydrogens is 672 g/mol. The smallest absolute Gasteiger partial charge is 0.338 e. The highest BCUT2D eigenvalue weighted by molar-refractivity contribution is 5.97. The summed E-state index contributed by atoms with van der Waals surface area (Å²) in [5.74, 6) is -1.70. The van der Waals surface area contributed by atoms with Crippen LogP contribution in [0.3, 0.4) is 0 Å². The largest absolute Gasteiger partial charge is 0.456 e. The molecule has 0 bridgehead atoms. The van der Waals surface area contributed by atoms with Gasteiger partial charge in [-0.1, -0.05) is 78.9 Å². The Morgan fingerprint density at radius 2 is 1.70 bits per heavy atom. The Labute approximate surface area is 309 Å². The Morgan fingerprint density at radius 3 is 2.42 bits per heavy atom. The van der Waals surface area contributed by atoms with Crippen molar-refractivity contribution in [3.8, 4) is 0 Å². The molecular formula is C43H46N2O8. The minimum absolute atomic E-state index is 0.0697. The number of ether oxygens (including phenoxy) is 4. The summed E-state index contributed by atoms with van der Waals surface area (Å²) in [6.07, 6.45) is 9.67. The molecule has 2 N–H and O–H groups in total. The van der Waals surface area contributed by atoms with E-state index < -0.39 is 36.1 Å². The van der Waals surface area contributed by atoms with Crippen LogP contribution in [0.15, 0.2) is 96.6 Å². The van der Waals surface area contributed by atoms with Crippen LogP contribution in [0, 0.1) is 5.92 Å². The first-order chi connectivity index (χ1) is 25.8. The van der Waals surface area contributed by atoms with Gasteiger partial charge in [0, 0.05) is 44.8 Å². The molecule has 3 fully saturated rings. The molecule has 0 aromatic heterocycles. The zero-order chi connectivity index (χ0) is 36.5. The molecule has 3 aromatic rings. The quantitative estimate of drug-likeness (QED) is 0.218. The van der Waals surface area contributed by atoms with Gasteiger partial charge in [-0.2, -0.15) is 0 Å². The number of allylic oxidation sites excluding steroid dienone is 1. The lowest BCUT2D eigenvalue weighted by Gasteiger charge is -2.33. The molecule has 2 heterocycles. The number of esters is 1. The van der Waals surface area contributed by atoms with Crippen LogP contribution in [-0.4, -0.2) is 90.3 Å². The number of fused-ring (bicyclic) bond motifs is 3. The molecule has 10 heteroatoms. The number of nitrogens with zero attached hydrogens (tertiary/aromatic N) is 1. The molecule has 276 valence electrons. The number of carbonyl (C=O) groups is 3. The molecule has 1 spiro atoms. The number of hydrogen-bond donors (Lipinski definition) is 2. The van der Waals surface area contributed by atoms with Gasteiger partial charge in [0.2, 0.25) is 11.8 Å². The standard InChI is InChI=1S/C43H46N2O8/c1-45(34(40(47)44-19-20-46)21-28-7-3-2-4-8-28)41(48)33-23-37(39-38(24-33)52-43(53-39)25-31-9-5-6-10-32(31)26-43)51-42(49)30-16-13-27(14-17-30)11-12-29-15-18-35-36(22-29)50-35/h2-14,16-17,24,29,34-39,46H,15,18-23,25-26H2,1H3,(H,44,47). The van der Waals surface area contributed by atoms with Gasteiger partial charge in [0.1, 0.15) is 24.4 Å². The molecule has 3 aliphatic carbocycles. The van der Waals surface area contributed by atoms with Gasteiger partial charge >= 0.3 is 5.97 Å². The first-order valence-electron chi connectivity index (χ1n) is 18.7. The molecule has 7 unspecified atom stereocenters. The summed E-state index contributed by atoms with van der Waals surface area (Å²) in [7, 11) is 1.60. The molecule has 2 aliphatic heterocycles. The summed E-state index contributed by atoms with van der Waals surface area (Å²) in [6, 6.07) is 24.1. The number of epoxide rings is 1. The summed E-state index contributed by atoms with van der Waals surface area (Å²) in [5, 5.41) is 12.1. The van der Waals surface area contributed by atoms with E-state index >= 15 is 0 Å². The number of aliphatic hydroxyl groups is 1. The van der Waals surface area contributed by atoms with Crippen molar-refractivity contribution in [1.82, 2.24) is 10.2 Å². The number of nitrogens with one attached hydrogen (secondary N) is 1. The van der Waals surface area contributed by atoms with E-state index in [0.29, 0.717) is 42.1 Å². The second-order valence-electron chi connectivity index (χ2n) is 14.9. The lowest BCUT2D eigenvalue weighted by Crippen LogP contribution is -2.51. The maximum Gasteiger partial charge on any atom is 0.338 e. The maximum atomic E-state index is 14.3. The van der Waals surface area contributed by atoms with Gasteiger partial charge in [-0.25, -0.2) is 4.79 Å². The molecule has 1 saturated carbocycles. The number of carbonyl (C=O) groups excluding carboxylic acids is 3. The van der Waals surface area contributed by atoms with Gasteiger partial charge in [0.25, 0.3) is 0 Å². The van der Waals surface area contributed by atoms with Gasteiger partial charge < -0.3 is 34.3 Å². The minimum Gasteiger partial charge on any atom is -0.456 e. The first-order valence-corrected chi connectivity index (χ1v) is 18.7. The third-order valence-corrected chi connectivity index (χ3v) is 11.3. The molecule has 0 radical (unpaired) electrons. The average molecular weight is 719 g/mol. The highest BCUT2D eigenvalue weighted by Crippen LogP contribution is 2.45. The fraction of sp³-hybridized carbons (Fsp3) is 0.419. The van der Waals surface area contributed by atoms with Crippen LogP contribution in [0.1, 0.15) is 58.3 Å². The van der Waals surface area contributed by atoms with Crippen molar-refractivity contribution in [2.75, 3.05) is 20.2 Å². The van der Waals surface area contributed by atoms with Crippen molar-refractivity contribution in [2.45, 2.75) is 87.3 Å². The van der Waals surface area contributed by atoms with Crippen molar-refractivity contribution < 1.29 is 38.4 Å². The highest BCUT2D eigenvalue weighted by Gasteiger charge is 2.55. The molecule has 53 heavy (non-hydrogen) atoms. The van der Waals surface area contributed by atoms with Crippen LogP contribution in [-0.2, 0) is 47.8 Å². The van der Waals surface area contributed by atoms with Crippen molar-refractivity contribution >= 4 is 23.9 Å². The monoisotopic (exact) mass is 718 g/mol. The predicted molar refractivity (Wildman–Crippen MR) is 197 cm³/mol. The number of benzene rings is 3. The van der Waals surface area contributed by atoms with Crippen LogP contribution < -0.4 is 5.32 Å². The zero-order valence-electron chi connectivity index (χ0n) is 29.9. The lowest BCUT2D eigenvalue weighted by atomic mass is 9.89. The Hall–Kier alpha value is -4.61. The van der Waals surface area contributed by atoms with Crippen LogP contribution in [0.5, 0.6) is 0 Å². The van der Waals surface area contributed by atoms with E-state index in [1.807, 2.05) is 54.6 Å². The molecule has 5 aliphatic rings. The van der Waals surface area contributed by atoms with Gasteiger partial charge in [-0.3, -0.25) is 9.59 Å². The van der Waals surface area contributed by atoms with E-state index in [1.54, 1.807) is 25.3 Å². The zero-order valence-corrected chi connectivity index (χ0v) is 29.9. The van der Waals surface area contributed by atoms with Crippen LogP contribution in [0.2, 0.25) is 0 Å². The third kappa shape index (κ3) is 7.73. The van der Waals surface area contributed by atoms with Crippen molar-refractivity contribution in [3.05, 3.63) is 124 Å². The van der Waals surface area contributed by atoms with Gasteiger partial charge in [0.05, 0.1) is 24.4 Å². The van der Waals surface area contributed by atoms with Crippen LogP contribution >= 0.6 is 0 Å². The van der Waals surface area contributed by atoms with E-state index in [9.17, 15) is 19.5 Å². The normalized spacial score (nSPS) is 26.9. The third-order valence-electron chi connectivity index (χ3n) is 11.3. The summed E-state index contributed by atoms with van der Waals surface area (Å²) in [4.78, 5) is 42.8. The van der Waals surface area contributed by atoms with Crippen molar-refractivity contribution in [3.63, 3.8) is 0 Å². The molecule has 10 nitrogen and oxygen atoms in total. The number of amides is 2. The topological polar surface area (TPSA) is 127 Å². The van der Waals surface area contributed by atoms with Gasteiger partial charge in [-0.15, -0.1) is 0 Å². The summed E-state index contributed by atoms with van der Waals surface area (Å²) >= 11 is 0. The Kier molecular flexibility index (Phi) is 10.0. The van der Waals surface area contributed by atoms with Gasteiger partial charge in [-0.05, 0) is 65.6 Å². The number of likely N-dealkylation sites (N-methyl/N-ethyl adjacent to an activating group) is 1. The summed E-state index contributed by atoms with van der Waals surface area (Å²) < 4.78 is 25.2. The fourth-order valence-electron chi connectivity index (χ4n) is 8.35. The van der Waals surface area contributed by atoms with E-state index in [1.165, 1.54) is 4.90 Å². The number of rotatable bonds is 11. The molecule has 8 rings (SSSR count). The SMILES string of the molecule is CN(C(=O)C1=CC2OC3(Cc4ccccc4C3)OC2C(OC(=O)c2ccc(C=CC3CCC4OC4C3)cc2)C1)C(Cc1ccccc1)C(=O)NCCO. The molecule has 2 amide bonds.